The number of amides is 1. The van der Waals surface area contributed by atoms with E-state index in [1.54, 1.807) is 15.8 Å². The lowest BCUT2D eigenvalue weighted by Gasteiger charge is -2.22. The van der Waals surface area contributed by atoms with Gasteiger partial charge in [0.25, 0.3) is 5.91 Å². The summed E-state index contributed by atoms with van der Waals surface area (Å²) in [6, 6.07) is 7.95. The summed E-state index contributed by atoms with van der Waals surface area (Å²) in [6.07, 6.45) is 2.54. The van der Waals surface area contributed by atoms with Gasteiger partial charge >= 0.3 is 0 Å². The standard InChI is InChI=1S/C16H19N3O2/c1-3-18(13-7-4-6-12(2)10-13)15(20)14-11-17-19-8-5-9-21-16(14)19/h4,6-7,10-11H,3,5,8-9H2,1-2H3. The summed E-state index contributed by atoms with van der Waals surface area (Å²) < 4.78 is 7.39. The van der Waals surface area contributed by atoms with Crippen LogP contribution in [0.2, 0.25) is 0 Å². The van der Waals surface area contributed by atoms with Gasteiger partial charge in [0.1, 0.15) is 5.56 Å². The molecule has 0 bridgehead atoms. The Morgan fingerprint density at radius 1 is 1.48 bits per heavy atom. The Morgan fingerprint density at radius 3 is 3.10 bits per heavy atom. The molecule has 0 saturated carbocycles. The number of hydrogen-bond acceptors (Lipinski definition) is 3. The molecule has 1 aliphatic rings. The third-order valence-electron chi connectivity index (χ3n) is 3.65. The van der Waals surface area contributed by atoms with Gasteiger partial charge in [-0.15, -0.1) is 0 Å². The van der Waals surface area contributed by atoms with Crippen molar-refractivity contribution < 1.29 is 9.53 Å². The van der Waals surface area contributed by atoms with Crippen molar-refractivity contribution in [2.24, 2.45) is 0 Å². The summed E-state index contributed by atoms with van der Waals surface area (Å²) in [6.45, 7) is 6.04. The molecule has 0 aliphatic carbocycles. The average Bonchev–Trinajstić information content (AvgIpc) is 2.92. The Hall–Kier alpha value is -2.30. The van der Waals surface area contributed by atoms with E-state index in [1.165, 1.54) is 0 Å². The largest absolute Gasteiger partial charge is 0.477 e. The molecular weight excluding hydrogens is 266 g/mol. The first-order chi connectivity index (χ1) is 10.2. The van der Waals surface area contributed by atoms with E-state index in [0.717, 1.165) is 24.2 Å². The van der Waals surface area contributed by atoms with Gasteiger partial charge in [0, 0.05) is 25.2 Å². The van der Waals surface area contributed by atoms with Crippen molar-refractivity contribution in [3.63, 3.8) is 0 Å². The highest BCUT2D eigenvalue weighted by molar-refractivity contribution is 6.07. The molecule has 0 N–H and O–H groups in total. The third-order valence-corrected chi connectivity index (χ3v) is 3.65. The Kier molecular flexibility index (Phi) is 3.64. The minimum atomic E-state index is -0.0637. The molecule has 110 valence electrons. The molecule has 3 rings (SSSR count). The number of carbonyl (C=O) groups excluding carboxylic acids is 1. The van der Waals surface area contributed by atoms with E-state index in [2.05, 4.69) is 5.10 Å². The second kappa shape index (κ2) is 5.60. The van der Waals surface area contributed by atoms with E-state index in [-0.39, 0.29) is 5.91 Å². The number of anilines is 1. The van der Waals surface area contributed by atoms with Gasteiger partial charge in [0.15, 0.2) is 0 Å². The van der Waals surface area contributed by atoms with Crippen LogP contribution in [0.3, 0.4) is 0 Å². The SMILES string of the molecule is CCN(C(=O)c1cnn2c1OCCC2)c1cccc(C)c1. The monoisotopic (exact) mass is 285 g/mol. The topological polar surface area (TPSA) is 47.4 Å². The quantitative estimate of drug-likeness (QED) is 0.871. The van der Waals surface area contributed by atoms with E-state index in [9.17, 15) is 4.79 Å². The lowest BCUT2D eigenvalue weighted by Crippen LogP contribution is -2.31. The smallest absolute Gasteiger partial charge is 0.265 e. The van der Waals surface area contributed by atoms with Gasteiger partial charge < -0.3 is 9.64 Å². The van der Waals surface area contributed by atoms with Gasteiger partial charge in [0.05, 0.1) is 12.8 Å². The lowest BCUT2D eigenvalue weighted by atomic mass is 10.2. The highest BCUT2D eigenvalue weighted by Crippen LogP contribution is 2.26. The lowest BCUT2D eigenvalue weighted by molar-refractivity contribution is 0.0982. The molecule has 0 unspecified atom stereocenters. The molecule has 1 aromatic carbocycles. The molecule has 2 heterocycles. The average molecular weight is 285 g/mol. The molecule has 1 aliphatic heterocycles. The molecule has 0 saturated heterocycles. The molecule has 0 atom stereocenters. The predicted molar refractivity (Wildman–Crippen MR) is 80.9 cm³/mol. The highest BCUT2D eigenvalue weighted by atomic mass is 16.5. The number of aromatic nitrogens is 2. The van der Waals surface area contributed by atoms with Gasteiger partial charge in [-0.25, -0.2) is 4.68 Å². The van der Waals surface area contributed by atoms with Crippen molar-refractivity contribution in [2.45, 2.75) is 26.8 Å². The van der Waals surface area contributed by atoms with Crippen LogP contribution < -0.4 is 9.64 Å². The molecular formula is C16H19N3O2. The molecule has 5 heteroatoms. The van der Waals surface area contributed by atoms with E-state index in [4.69, 9.17) is 4.74 Å². The van der Waals surface area contributed by atoms with Crippen LogP contribution in [0.4, 0.5) is 5.69 Å². The van der Waals surface area contributed by atoms with Crippen LogP contribution in [0.5, 0.6) is 5.88 Å². The fraction of sp³-hybridized carbons (Fsp3) is 0.375. The zero-order chi connectivity index (χ0) is 14.8. The Bertz CT molecular complexity index is 663. The maximum atomic E-state index is 12.8. The van der Waals surface area contributed by atoms with Crippen molar-refractivity contribution in [1.82, 2.24) is 9.78 Å². The Balaban J connectivity index is 1.94. The van der Waals surface area contributed by atoms with Gasteiger partial charge in [-0.1, -0.05) is 12.1 Å². The number of ether oxygens (including phenoxy) is 1. The van der Waals surface area contributed by atoms with Crippen molar-refractivity contribution in [1.29, 1.82) is 0 Å². The zero-order valence-corrected chi connectivity index (χ0v) is 12.4. The number of rotatable bonds is 3. The third kappa shape index (κ3) is 2.51. The van der Waals surface area contributed by atoms with Crippen LogP contribution in [0.25, 0.3) is 0 Å². The first-order valence-electron chi connectivity index (χ1n) is 7.28. The number of carbonyl (C=O) groups is 1. The first kappa shape index (κ1) is 13.7. The molecule has 0 fully saturated rings. The molecule has 2 aromatic rings. The summed E-state index contributed by atoms with van der Waals surface area (Å²) >= 11 is 0. The van der Waals surface area contributed by atoms with Gasteiger partial charge in [-0.3, -0.25) is 4.79 Å². The van der Waals surface area contributed by atoms with E-state index < -0.39 is 0 Å². The van der Waals surface area contributed by atoms with E-state index >= 15 is 0 Å². The first-order valence-corrected chi connectivity index (χ1v) is 7.28. The normalized spacial score (nSPS) is 13.4. The molecule has 21 heavy (non-hydrogen) atoms. The summed E-state index contributed by atoms with van der Waals surface area (Å²) in [5.41, 5.74) is 2.57. The fourth-order valence-corrected chi connectivity index (χ4v) is 2.60. The molecule has 1 amide bonds. The Morgan fingerprint density at radius 2 is 2.33 bits per heavy atom. The molecule has 1 aromatic heterocycles. The number of benzene rings is 1. The predicted octanol–water partition coefficient (Wildman–Crippen LogP) is 2.64. The molecule has 0 radical (unpaired) electrons. The van der Waals surface area contributed by atoms with Gasteiger partial charge in [-0.2, -0.15) is 5.10 Å². The van der Waals surface area contributed by atoms with Gasteiger partial charge in [0.2, 0.25) is 5.88 Å². The van der Waals surface area contributed by atoms with E-state index in [0.29, 0.717) is 24.6 Å². The summed E-state index contributed by atoms with van der Waals surface area (Å²) in [5, 5.41) is 4.25. The van der Waals surface area contributed by atoms with Crippen LogP contribution in [0.15, 0.2) is 30.5 Å². The maximum Gasteiger partial charge on any atom is 0.265 e. The summed E-state index contributed by atoms with van der Waals surface area (Å²) in [7, 11) is 0. The minimum Gasteiger partial charge on any atom is -0.477 e. The second-order valence-electron chi connectivity index (χ2n) is 5.18. The Labute approximate surface area is 124 Å². The number of nitrogens with zero attached hydrogens (tertiary/aromatic N) is 3. The van der Waals surface area contributed by atoms with Crippen LogP contribution in [0.1, 0.15) is 29.3 Å². The van der Waals surface area contributed by atoms with Crippen molar-refractivity contribution in [2.75, 3.05) is 18.1 Å². The van der Waals surface area contributed by atoms with Crippen molar-refractivity contribution in [3.05, 3.63) is 41.6 Å². The van der Waals surface area contributed by atoms with Crippen molar-refractivity contribution >= 4 is 11.6 Å². The van der Waals surface area contributed by atoms with E-state index in [1.807, 2.05) is 38.1 Å². The zero-order valence-electron chi connectivity index (χ0n) is 12.4. The van der Waals surface area contributed by atoms with Crippen LogP contribution in [0, 0.1) is 6.92 Å². The minimum absolute atomic E-state index is 0.0637. The van der Waals surface area contributed by atoms with Crippen LogP contribution >= 0.6 is 0 Å². The summed E-state index contributed by atoms with van der Waals surface area (Å²) in [4.78, 5) is 14.6. The highest BCUT2D eigenvalue weighted by Gasteiger charge is 2.25. The number of hydrogen-bond donors (Lipinski definition) is 0. The molecule has 5 nitrogen and oxygen atoms in total. The van der Waals surface area contributed by atoms with Crippen LogP contribution in [-0.2, 0) is 6.54 Å². The number of aryl methyl sites for hydroxylation is 2. The van der Waals surface area contributed by atoms with Crippen LogP contribution in [-0.4, -0.2) is 28.8 Å². The second-order valence-corrected chi connectivity index (χ2v) is 5.18. The van der Waals surface area contributed by atoms with Gasteiger partial charge in [-0.05, 0) is 31.5 Å². The summed E-state index contributed by atoms with van der Waals surface area (Å²) in [5.74, 6) is 0.531. The fourth-order valence-electron chi connectivity index (χ4n) is 2.60. The maximum absolute atomic E-state index is 12.8. The van der Waals surface area contributed by atoms with Crippen molar-refractivity contribution in [3.8, 4) is 5.88 Å². The molecule has 0 spiro atoms. The number of fused-ring (bicyclic) bond motifs is 1.